The lowest BCUT2D eigenvalue weighted by molar-refractivity contribution is 1.03. The Kier molecular flexibility index (Phi) is 4.36. The molecule has 0 aliphatic carbocycles. The zero-order chi connectivity index (χ0) is 17.1. The first-order chi connectivity index (χ1) is 12.3. The van der Waals surface area contributed by atoms with E-state index in [-0.39, 0.29) is 0 Å². The van der Waals surface area contributed by atoms with Crippen LogP contribution in [0.1, 0.15) is 0 Å². The first kappa shape index (κ1) is 15.7. The van der Waals surface area contributed by atoms with E-state index in [9.17, 15) is 0 Å². The summed E-state index contributed by atoms with van der Waals surface area (Å²) in [6.45, 7) is 0. The molecule has 0 spiro atoms. The molecule has 0 N–H and O–H groups in total. The molecule has 1 aromatic heterocycles. The second-order valence-electron chi connectivity index (χ2n) is 5.56. The molecule has 25 heavy (non-hydrogen) atoms. The molecule has 0 atom stereocenters. The largest absolute Gasteiger partial charge is 0.208 e. The number of benzene rings is 3. The third-order valence-electron chi connectivity index (χ3n) is 3.89. The molecule has 0 saturated heterocycles. The molecule has 0 amide bonds. The van der Waals surface area contributed by atoms with Gasteiger partial charge in [-0.3, -0.25) is 0 Å². The summed E-state index contributed by atoms with van der Waals surface area (Å²) < 4.78 is 0.531. The Morgan fingerprint density at radius 1 is 0.440 bits per heavy atom. The summed E-state index contributed by atoms with van der Waals surface area (Å²) in [6, 6.07) is 28.5. The van der Waals surface area contributed by atoms with Crippen LogP contribution in [0.5, 0.6) is 0 Å². The molecular formula is C21H14BrN3. The second-order valence-corrected chi connectivity index (χ2v) is 6.27. The predicted molar refractivity (Wildman–Crippen MR) is 104 cm³/mol. The van der Waals surface area contributed by atoms with Crippen molar-refractivity contribution in [2.24, 2.45) is 0 Å². The predicted octanol–water partition coefficient (Wildman–Crippen LogP) is 5.64. The SMILES string of the molecule is Brc1nc(-c2ccccc2)nc(-c2ccc(-c3ccccc3)cc2)n1. The minimum Gasteiger partial charge on any atom is -0.208 e. The molecule has 120 valence electrons. The van der Waals surface area contributed by atoms with Crippen LogP contribution in [-0.4, -0.2) is 15.0 Å². The van der Waals surface area contributed by atoms with Crippen molar-refractivity contribution in [2.45, 2.75) is 0 Å². The summed E-state index contributed by atoms with van der Waals surface area (Å²) >= 11 is 3.40. The lowest BCUT2D eigenvalue weighted by atomic mass is 10.0. The highest BCUT2D eigenvalue weighted by atomic mass is 79.9. The van der Waals surface area contributed by atoms with Crippen LogP contribution in [0.25, 0.3) is 33.9 Å². The maximum absolute atomic E-state index is 4.62. The van der Waals surface area contributed by atoms with Crippen molar-refractivity contribution >= 4 is 15.9 Å². The zero-order valence-corrected chi connectivity index (χ0v) is 14.9. The van der Waals surface area contributed by atoms with E-state index in [1.54, 1.807) is 0 Å². The van der Waals surface area contributed by atoms with Gasteiger partial charge in [-0.05, 0) is 27.1 Å². The lowest BCUT2D eigenvalue weighted by Gasteiger charge is -2.06. The van der Waals surface area contributed by atoms with Crippen LogP contribution >= 0.6 is 15.9 Å². The van der Waals surface area contributed by atoms with Gasteiger partial charge < -0.3 is 0 Å². The summed E-state index contributed by atoms with van der Waals surface area (Å²) in [4.78, 5) is 13.4. The summed E-state index contributed by atoms with van der Waals surface area (Å²) in [6.07, 6.45) is 0. The van der Waals surface area contributed by atoms with Crippen LogP contribution in [-0.2, 0) is 0 Å². The molecule has 3 aromatic carbocycles. The molecule has 0 saturated carbocycles. The van der Waals surface area contributed by atoms with Crippen molar-refractivity contribution in [3.63, 3.8) is 0 Å². The number of halogens is 1. The van der Waals surface area contributed by atoms with Crippen LogP contribution in [0.2, 0.25) is 0 Å². The monoisotopic (exact) mass is 387 g/mol. The van der Waals surface area contributed by atoms with E-state index in [1.165, 1.54) is 11.1 Å². The van der Waals surface area contributed by atoms with Gasteiger partial charge in [0.2, 0.25) is 4.73 Å². The smallest absolute Gasteiger partial charge is 0.200 e. The van der Waals surface area contributed by atoms with Gasteiger partial charge in [-0.25, -0.2) is 15.0 Å². The molecule has 0 unspecified atom stereocenters. The van der Waals surface area contributed by atoms with Crippen molar-refractivity contribution in [3.05, 3.63) is 89.7 Å². The Hall–Kier alpha value is -2.85. The van der Waals surface area contributed by atoms with Crippen molar-refractivity contribution in [2.75, 3.05) is 0 Å². The van der Waals surface area contributed by atoms with Crippen LogP contribution in [0.4, 0.5) is 0 Å². The highest BCUT2D eigenvalue weighted by Gasteiger charge is 2.09. The number of nitrogens with zero attached hydrogens (tertiary/aromatic N) is 3. The molecule has 4 rings (SSSR count). The molecule has 0 radical (unpaired) electrons. The maximum Gasteiger partial charge on any atom is 0.200 e. The van der Waals surface area contributed by atoms with Crippen LogP contribution in [0, 0.1) is 0 Å². The highest BCUT2D eigenvalue weighted by molar-refractivity contribution is 9.10. The van der Waals surface area contributed by atoms with Crippen LogP contribution < -0.4 is 0 Å². The number of aromatic nitrogens is 3. The van der Waals surface area contributed by atoms with Crippen molar-refractivity contribution in [3.8, 4) is 33.9 Å². The fourth-order valence-corrected chi connectivity index (χ4v) is 2.97. The number of hydrogen-bond acceptors (Lipinski definition) is 3. The van der Waals surface area contributed by atoms with Crippen LogP contribution in [0.3, 0.4) is 0 Å². The Labute approximate surface area is 154 Å². The van der Waals surface area contributed by atoms with Gasteiger partial charge in [0.15, 0.2) is 11.6 Å². The van der Waals surface area contributed by atoms with Crippen LogP contribution in [0.15, 0.2) is 89.7 Å². The molecular weight excluding hydrogens is 374 g/mol. The summed E-state index contributed by atoms with van der Waals surface area (Å²) in [5.41, 5.74) is 4.28. The van der Waals surface area contributed by atoms with E-state index < -0.39 is 0 Å². The Bertz CT molecular complexity index is 985. The molecule has 0 bridgehead atoms. The first-order valence-corrected chi connectivity index (χ1v) is 8.72. The summed E-state index contributed by atoms with van der Waals surface area (Å²) in [5.74, 6) is 1.31. The normalized spacial score (nSPS) is 10.6. The minimum atomic E-state index is 0.531. The average molecular weight is 388 g/mol. The summed E-state index contributed by atoms with van der Waals surface area (Å²) in [7, 11) is 0. The van der Waals surface area contributed by atoms with Crippen molar-refractivity contribution < 1.29 is 0 Å². The topological polar surface area (TPSA) is 38.7 Å². The number of rotatable bonds is 3. The van der Waals surface area contributed by atoms with Crippen molar-refractivity contribution in [1.82, 2.24) is 15.0 Å². The molecule has 0 aliphatic rings. The van der Waals surface area contributed by atoms with Gasteiger partial charge in [-0.15, -0.1) is 0 Å². The standard InChI is InChI=1S/C21H14BrN3/c22-21-24-19(17-9-5-2-6-10-17)23-20(25-21)18-13-11-16(12-14-18)15-7-3-1-4-8-15/h1-14H. The van der Waals surface area contributed by atoms with Gasteiger partial charge in [0.25, 0.3) is 0 Å². The quantitative estimate of drug-likeness (QED) is 0.456. The number of hydrogen-bond donors (Lipinski definition) is 0. The molecule has 4 aromatic rings. The third-order valence-corrected chi connectivity index (χ3v) is 4.24. The highest BCUT2D eigenvalue weighted by Crippen LogP contribution is 2.25. The van der Waals surface area contributed by atoms with Gasteiger partial charge in [-0.1, -0.05) is 84.9 Å². The van der Waals surface area contributed by atoms with Gasteiger partial charge >= 0.3 is 0 Å². The maximum atomic E-state index is 4.62. The Morgan fingerprint density at radius 3 is 1.40 bits per heavy atom. The van der Waals surface area contributed by atoms with E-state index in [1.807, 2.05) is 60.7 Å². The summed E-state index contributed by atoms with van der Waals surface area (Å²) in [5, 5.41) is 0. The Balaban J connectivity index is 1.71. The fourth-order valence-electron chi connectivity index (χ4n) is 2.64. The average Bonchev–Trinajstić information content (AvgIpc) is 2.69. The molecule has 3 nitrogen and oxygen atoms in total. The lowest BCUT2D eigenvalue weighted by Crippen LogP contribution is -1.97. The zero-order valence-electron chi connectivity index (χ0n) is 13.3. The first-order valence-electron chi connectivity index (χ1n) is 7.92. The fraction of sp³-hybridized carbons (Fsp3) is 0. The molecule has 1 heterocycles. The van der Waals surface area contributed by atoms with Gasteiger partial charge in [0, 0.05) is 11.1 Å². The second kappa shape index (κ2) is 6.95. The van der Waals surface area contributed by atoms with E-state index in [4.69, 9.17) is 0 Å². The van der Waals surface area contributed by atoms with E-state index in [2.05, 4.69) is 55.1 Å². The molecule has 4 heteroatoms. The Morgan fingerprint density at radius 2 is 0.840 bits per heavy atom. The van der Waals surface area contributed by atoms with Gasteiger partial charge in [-0.2, -0.15) is 0 Å². The minimum absolute atomic E-state index is 0.531. The van der Waals surface area contributed by atoms with Gasteiger partial charge in [0.05, 0.1) is 0 Å². The molecule has 0 fully saturated rings. The van der Waals surface area contributed by atoms with E-state index in [0.29, 0.717) is 16.4 Å². The van der Waals surface area contributed by atoms with Crippen molar-refractivity contribution in [1.29, 1.82) is 0 Å². The molecule has 0 aliphatic heterocycles. The van der Waals surface area contributed by atoms with E-state index in [0.717, 1.165) is 11.1 Å². The van der Waals surface area contributed by atoms with E-state index >= 15 is 0 Å². The van der Waals surface area contributed by atoms with Gasteiger partial charge in [0.1, 0.15) is 0 Å². The third kappa shape index (κ3) is 3.49.